The minimum absolute atomic E-state index is 0.114. The van der Waals surface area contributed by atoms with Crippen LogP contribution in [0.25, 0.3) is 11.3 Å². The maximum absolute atomic E-state index is 12.7. The molecule has 0 radical (unpaired) electrons. The lowest BCUT2D eigenvalue weighted by Crippen LogP contribution is -2.22. The van der Waals surface area contributed by atoms with E-state index in [1.165, 1.54) is 23.1 Å². The topological polar surface area (TPSA) is 71.1 Å². The summed E-state index contributed by atoms with van der Waals surface area (Å²) in [5.74, 6) is -0.346. The zero-order valence-electron chi connectivity index (χ0n) is 18.5. The molecule has 1 heterocycles. The molecule has 0 saturated heterocycles. The lowest BCUT2D eigenvalue weighted by molar-refractivity contribution is -0.115. The molecule has 0 aliphatic rings. The minimum atomic E-state index is -0.323. The first-order valence-electron chi connectivity index (χ1n) is 10.6. The summed E-state index contributed by atoms with van der Waals surface area (Å²) in [6.45, 7) is 3.86. The molecule has 0 aliphatic carbocycles. The van der Waals surface area contributed by atoms with Crippen LogP contribution in [-0.2, 0) is 4.79 Å². The summed E-state index contributed by atoms with van der Waals surface area (Å²) in [7, 11) is 0. The van der Waals surface area contributed by atoms with E-state index in [9.17, 15) is 9.59 Å². The molecular weight excluding hydrogens is 486 g/mol. The fourth-order valence-electron chi connectivity index (χ4n) is 3.23. The summed E-state index contributed by atoms with van der Waals surface area (Å²) >= 11 is 8.86. The monoisotopic (exact) mass is 507 g/mol. The van der Waals surface area contributed by atoms with Crippen molar-refractivity contribution in [3.63, 3.8) is 0 Å². The molecule has 0 fully saturated rings. The van der Waals surface area contributed by atoms with Crippen LogP contribution in [0.5, 0.6) is 0 Å². The number of aryl methyl sites for hydroxylation is 1. The highest BCUT2D eigenvalue weighted by atomic mass is 35.5. The van der Waals surface area contributed by atoms with E-state index in [4.69, 9.17) is 11.6 Å². The fraction of sp³-hybridized carbons (Fsp3) is 0.115. The first kappa shape index (κ1) is 24.0. The molecule has 8 heteroatoms. The summed E-state index contributed by atoms with van der Waals surface area (Å²) in [5, 5.41) is 6.56. The van der Waals surface area contributed by atoms with Gasteiger partial charge in [-0.2, -0.15) is 0 Å². The van der Waals surface area contributed by atoms with Gasteiger partial charge in [0.05, 0.1) is 10.9 Å². The number of anilines is 2. The zero-order chi connectivity index (χ0) is 24.1. The van der Waals surface area contributed by atoms with Gasteiger partial charge in [-0.3, -0.25) is 9.59 Å². The molecule has 0 aliphatic heterocycles. The van der Waals surface area contributed by atoms with Crippen LogP contribution in [0.2, 0.25) is 5.02 Å². The van der Waals surface area contributed by atoms with E-state index < -0.39 is 0 Å². The summed E-state index contributed by atoms with van der Waals surface area (Å²) in [6.07, 6.45) is 0. The quantitative estimate of drug-likeness (QED) is 0.261. The summed E-state index contributed by atoms with van der Waals surface area (Å²) in [6, 6.07) is 24.1. The van der Waals surface area contributed by atoms with Crippen molar-refractivity contribution < 1.29 is 9.59 Å². The maximum atomic E-state index is 12.7. The molecule has 3 aromatic carbocycles. The number of aromatic nitrogens is 1. The highest BCUT2D eigenvalue weighted by Gasteiger charge is 2.18. The number of amides is 2. The van der Waals surface area contributed by atoms with Crippen molar-refractivity contribution in [1.82, 2.24) is 4.98 Å². The Hall–Kier alpha value is -3.13. The van der Waals surface area contributed by atoms with Gasteiger partial charge in [0.1, 0.15) is 0 Å². The third-order valence-corrected chi connectivity index (χ3v) is 7.19. The first-order valence-corrected chi connectivity index (χ1v) is 12.6. The maximum Gasteiger partial charge on any atom is 0.255 e. The average molecular weight is 508 g/mol. The van der Waals surface area contributed by atoms with E-state index in [1.54, 1.807) is 24.3 Å². The van der Waals surface area contributed by atoms with Crippen LogP contribution in [0.1, 0.15) is 22.2 Å². The summed E-state index contributed by atoms with van der Waals surface area (Å²) in [4.78, 5) is 31.7. The SMILES string of the molecule is Cc1sc(NC(=O)C(C)Sc2ccc(NC(=O)c3cccc(Cl)c3)cc2)nc1-c1ccccc1. The number of thiazole rings is 1. The van der Waals surface area contributed by atoms with E-state index in [0.717, 1.165) is 21.0 Å². The second kappa shape index (κ2) is 10.9. The number of nitrogens with zero attached hydrogens (tertiary/aromatic N) is 1. The minimum Gasteiger partial charge on any atom is -0.322 e. The third kappa shape index (κ3) is 6.05. The molecular formula is C26H22ClN3O2S2. The van der Waals surface area contributed by atoms with Gasteiger partial charge in [-0.25, -0.2) is 4.98 Å². The van der Waals surface area contributed by atoms with Gasteiger partial charge in [-0.1, -0.05) is 48.0 Å². The number of carbonyl (C=O) groups excluding carboxylic acids is 2. The molecule has 1 atom stereocenters. The van der Waals surface area contributed by atoms with Crippen LogP contribution in [0.4, 0.5) is 10.8 Å². The number of nitrogens with one attached hydrogen (secondary N) is 2. The predicted molar refractivity (Wildman–Crippen MR) is 142 cm³/mol. The normalized spacial score (nSPS) is 11.6. The Bertz CT molecular complexity index is 1310. The number of halogens is 1. The Morgan fingerprint density at radius 2 is 1.71 bits per heavy atom. The van der Waals surface area contributed by atoms with Crippen molar-refractivity contribution in [2.75, 3.05) is 10.6 Å². The fourth-order valence-corrected chi connectivity index (χ4v) is 5.12. The molecule has 1 aromatic heterocycles. The van der Waals surface area contributed by atoms with E-state index in [2.05, 4.69) is 15.6 Å². The van der Waals surface area contributed by atoms with Crippen molar-refractivity contribution in [2.24, 2.45) is 0 Å². The lowest BCUT2D eigenvalue weighted by atomic mass is 10.1. The van der Waals surface area contributed by atoms with Gasteiger partial charge in [0.15, 0.2) is 5.13 Å². The Morgan fingerprint density at radius 1 is 0.971 bits per heavy atom. The van der Waals surface area contributed by atoms with E-state index in [-0.39, 0.29) is 17.1 Å². The van der Waals surface area contributed by atoms with Crippen LogP contribution < -0.4 is 10.6 Å². The zero-order valence-corrected chi connectivity index (χ0v) is 20.9. The Morgan fingerprint density at radius 3 is 2.41 bits per heavy atom. The standard InChI is InChI=1S/C26H22ClN3O2S2/c1-16-23(18-7-4-3-5-8-18)29-26(34-16)30-24(31)17(2)33-22-13-11-21(12-14-22)28-25(32)19-9-6-10-20(27)15-19/h3-15,17H,1-2H3,(H,28,32)(H,29,30,31). The van der Waals surface area contributed by atoms with Crippen molar-refractivity contribution in [3.8, 4) is 11.3 Å². The van der Waals surface area contributed by atoms with Gasteiger partial charge in [0, 0.05) is 31.6 Å². The molecule has 34 heavy (non-hydrogen) atoms. The van der Waals surface area contributed by atoms with Crippen LogP contribution in [-0.4, -0.2) is 22.0 Å². The lowest BCUT2D eigenvalue weighted by Gasteiger charge is -2.11. The highest BCUT2D eigenvalue weighted by molar-refractivity contribution is 8.00. The molecule has 0 spiro atoms. The second-order valence-corrected chi connectivity index (χ2v) is 10.6. The Labute approximate surface area is 211 Å². The average Bonchev–Trinajstić information content (AvgIpc) is 3.20. The Kier molecular flexibility index (Phi) is 7.67. The highest BCUT2D eigenvalue weighted by Crippen LogP contribution is 2.31. The van der Waals surface area contributed by atoms with Gasteiger partial charge in [-0.15, -0.1) is 23.1 Å². The van der Waals surface area contributed by atoms with E-state index >= 15 is 0 Å². The van der Waals surface area contributed by atoms with Gasteiger partial charge >= 0.3 is 0 Å². The molecule has 4 aromatic rings. The van der Waals surface area contributed by atoms with Gasteiger partial charge in [0.2, 0.25) is 5.91 Å². The molecule has 0 saturated carbocycles. The van der Waals surface area contributed by atoms with Crippen molar-refractivity contribution in [3.05, 3.63) is 94.3 Å². The van der Waals surface area contributed by atoms with Gasteiger partial charge in [-0.05, 0) is 56.3 Å². The molecule has 172 valence electrons. The molecule has 2 amide bonds. The van der Waals surface area contributed by atoms with Crippen molar-refractivity contribution >= 4 is 57.3 Å². The number of rotatable bonds is 7. The third-order valence-electron chi connectivity index (χ3n) is 4.96. The molecule has 1 unspecified atom stereocenters. The van der Waals surface area contributed by atoms with Crippen molar-refractivity contribution in [2.45, 2.75) is 24.0 Å². The number of hydrogen-bond acceptors (Lipinski definition) is 5. The summed E-state index contributed by atoms with van der Waals surface area (Å²) in [5.41, 5.74) is 3.07. The van der Waals surface area contributed by atoms with Crippen LogP contribution in [0.3, 0.4) is 0 Å². The predicted octanol–water partition coefficient (Wildman–Crippen LogP) is 7.14. The largest absolute Gasteiger partial charge is 0.322 e. The molecule has 5 nitrogen and oxygen atoms in total. The van der Waals surface area contributed by atoms with Crippen LogP contribution in [0.15, 0.2) is 83.8 Å². The smallest absolute Gasteiger partial charge is 0.255 e. The molecule has 2 N–H and O–H groups in total. The number of carbonyl (C=O) groups is 2. The molecule has 4 rings (SSSR count). The molecule has 0 bridgehead atoms. The Balaban J connectivity index is 1.34. The van der Waals surface area contributed by atoms with E-state index in [0.29, 0.717) is 21.4 Å². The number of thioether (sulfide) groups is 1. The van der Waals surface area contributed by atoms with Crippen molar-refractivity contribution in [1.29, 1.82) is 0 Å². The van der Waals surface area contributed by atoms with Gasteiger partial charge in [0.25, 0.3) is 5.91 Å². The van der Waals surface area contributed by atoms with E-state index in [1.807, 2.05) is 68.4 Å². The number of benzene rings is 3. The van der Waals surface area contributed by atoms with Gasteiger partial charge < -0.3 is 10.6 Å². The van der Waals surface area contributed by atoms with Crippen LogP contribution in [0, 0.1) is 6.92 Å². The number of hydrogen-bond donors (Lipinski definition) is 2. The second-order valence-electron chi connectivity index (χ2n) is 7.53. The first-order chi connectivity index (χ1) is 16.4. The summed E-state index contributed by atoms with van der Waals surface area (Å²) < 4.78 is 0. The van der Waals surface area contributed by atoms with Crippen LogP contribution >= 0.6 is 34.7 Å².